The van der Waals surface area contributed by atoms with E-state index in [1.165, 1.54) is 0 Å². The van der Waals surface area contributed by atoms with Crippen LogP contribution in [0.4, 0.5) is 0 Å². The van der Waals surface area contributed by atoms with Crippen LogP contribution in [0.2, 0.25) is 0 Å². The molecule has 0 fully saturated rings. The third kappa shape index (κ3) is 2.34. The number of aryl methyl sites for hydroxylation is 1. The van der Waals surface area contributed by atoms with Gasteiger partial charge in [-0.05, 0) is 31.2 Å². The van der Waals surface area contributed by atoms with Gasteiger partial charge in [-0.15, -0.1) is 0 Å². The molecule has 4 nitrogen and oxygen atoms in total. The number of hydrogen-bond donors (Lipinski definition) is 1. The van der Waals surface area contributed by atoms with Gasteiger partial charge in [-0.2, -0.15) is 0 Å². The molecule has 23 heavy (non-hydrogen) atoms. The molecule has 0 aliphatic rings. The van der Waals surface area contributed by atoms with Gasteiger partial charge in [-0.3, -0.25) is 4.79 Å². The van der Waals surface area contributed by atoms with E-state index in [0.717, 1.165) is 22.6 Å². The number of nitrogens with zero attached hydrogens (tertiary/aromatic N) is 1. The van der Waals surface area contributed by atoms with E-state index in [0.29, 0.717) is 16.7 Å². The van der Waals surface area contributed by atoms with Crippen molar-refractivity contribution in [2.24, 2.45) is 0 Å². The highest BCUT2D eigenvalue weighted by atomic mass is 16.3. The van der Waals surface area contributed by atoms with Gasteiger partial charge in [0.05, 0.1) is 10.9 Å². The number of fused-ring (bicyclic) bond motifs is 1. The lowest BCUT2D eigenvalue weighted by Gasteiger charge is -2.07. The number of para-hydroxylation sites is 1. The van der Waals surface area contributed by atoms with Gasteiger partial charge < -0.3 is 9.40 Å². The van der Waals surface area contributed by atoms with E-state index in [1.54, 1.807) is 6.07 Å². The summed E-state index contributed by atoms with van der Waals surface area (Å²) in [4.78, 5) is 19.8. The molecule has 0 saturated heterocycles. The number of rotatable bonds is 2. The number of H-pyrrole nitrogens is 1. The van der Waals surface area contributed by atoms with Crippen molar-refractivity contribution in [2.75, 3.05) is 0 Å². The van der Waals surface area contributed by atoms with E-state index < -0.39 is 0 Å². The fourth-order valence-electron chi connectivity index (χ4n) is 2.70. The van der Waals surface area contributed by atoms with Crippen molar-refractivity contribution in [3.8, 4) is 22.7 Å². The molecule has 0 saturated carbocycles. The Bertz CT molecular complexity index is 1060. The van der Waals surface area contributed by atoms with E-state index in [4.69, 9.17) is 4.42 Å². The molecular formula is C19H14N2O2. The molecule has 4 heteroatoms. The van der Waals surface area contributed by atoms with E-state index >= 15 is 0 Å². The van der Waals surface area contributed by atoms with Crippen molar-refractivity contribution >= 4 is 10.9 Å². The Labute approximate surface area is 132 Å². The lowest BCUT2D eigenvalue weighted by Crippen LogP contribution is -2.09. The summed E-state index contributed by atoms with van der Waals surface area (Å²) >= 11 is 0. The van der Waals surface area contributed by atoms with Crippen LogP contribution < -0.4 is 5.56 Å². The first-order valence-electron chi connectivity index (χ1n) is 7.37. The van der Waals surface area contributed by atoms with Crippen molar-refractivity contribution < 1.29 is 4.42 Å². The van der Waals surface area contributed by atoms with Crippen molar-refractivity contribution in [1.29, 1.82) is 0 Å². The summed E-state index contributed by atoms with van der Waals surface area (Å²) in [5, 5.41) is 0.586. The van der Waals surface area contributed by atoms with Gasteiger partial charge in [0.2, 0.25) is 0 Å². The SMILES string of the molecule is Cc1ccc(-c2ccccc2-c2nc3ccccc3c(=O)[nH]2)o1. The molecule has 2 heterocycles. The lowest BCUT2D eigenvalue weighted by molar-refractivity contribution is 0.548. The smallest absolute Gasteiger partial charge is 0.259 e. The molecule has 112 valence electrons. The number of aromatic nitrogens is 2. The maximum absolute atomic E-state index is 12.3. The molecule has 0 bridgehead atoms. The zero-order valence-corrected chi connectivity index (χ0v) is 12.5. The largest absolute Gasteiger partial charge is 0.461 e. The predicted molar refractivity (Wildman–Crippen MR) is 90.2 cm³/mol. The first kappa shape index (κ1) is 13.5. The third-order valence-electron chi connectivity index (χ3n) is 3.80. The van der Waals surface area contributed by atoms with Crippen molar-refractivity contribution in [1.82, 2.24) is 9.97 Å². The molecular weight excluding hydrogens is 288 g/mol. The quantitative estimate of drug-likeness (QED) is 0.605. The minimum Gasteiger partial charge on any atom is -0.461 e. The predicted octanol–water partition coefficient (Wildman–Crippen LogP) is 4.16. The average Bonchev–Trinajstić information content (AvgIpc) is 3.01. The molecule has 0 spiro atoms. The normalized spacial score (nSPS) is 11.0. The zero-order valence-electron chi connectivity index (χ0n) is 12.5. The summed E-state index contributed by atoms with van der Waals surface area (Å²) in [6.07, 6.45) is 0. The Balaban J connectivity index is 1.97. The average molecular weight is 302 g/mol. The van der Waals surface area contributed by atoms with Crippen LogP contribution in [0.1, 0.15) is 5.76 Å². The van der Waals surface area contributed by atoms with Crippen LogP contribution in [-0.4, -0.2) is 9.97 Å². The fourth-order valence-corrected chi connectivity index (χ4v) is 2.70. The van der Waals surface area contributed by atoms with E-state index in [1.807, 2.05) is 61.5 Å². The van der Waals surface area contributed by atoms with Gasteiger partial charge in [0.25, 0.3) is 5.56 Å². The van der Waals surface area contributed by atoms with Gasteiger partial charge in [0.1, 0.15) is 17.3 Å². The van der Waals surface area contributed by atoms with Gasteiger partial charge >= 0.3 is 0 Å². The third-order valence-corrected chi connectivity index (χ3v) is 3.80. The van der Waals surface area contributed by atoms with E-state index in [-0.39, 0.29) is 5.56 Å². The molecule has 0 aliphatic carbocycles. The molecule has 4 aromatic rings. The molecule has 4 rings (SSSR count). The number of benzene rings is 2. The van der Waals surface area contributed by atoms with Crippen molar-refractivity contribution in [3.05, 3.63) is 76.8 Å². The minimum atomic E-state index is -0.143. The highest BCUT2D eigenvalue weighted by Gasteiger charge is 2.13. The second-order valence-electron chi connectivity index (χ2n) is 5.39. The Morgan fingerprint density at radius 3 is 2.43 bits per heavy atom. The topological polar surface area (TPSA) is 58.9 Å². The molecule has 0 amide bonds. The number of nitrogens with one attached hydrogen (secondary N) is 1. The van der Waals surface area contributed by atoms with Crippen LogP contribution in [-0.2, 0) is 0 Å². The summed E-state index contributed by atoms with van der Waals surface area (Å²) in [5.74, 6) is 2.14. The molecule has 0 radical (unpaired) electrons. The minimum absolute atomic E-state index is 0.143. The second kappa shape index (κ2) is 5.25. The number of aromatic amines is 1. The van der Waals surface area contributed by atoms with E-state index in [9.17, 15) is 4.79 Å². The summed E-state index contributed by atoms with van der Waals surface area (Å²) in [6, 6.07) is 18.9. The van der Waals surface area contributed by atoms with Gasteiger partial charge in [0, 0.05) is 11.1 Å². The summed E-state index contributed by atoms with van der Waals surface area (Å²) < 4.78 is 5.73. The van der Waals surface area contributed by atoms with Gasteiger partial charge in [-0.25, -0.2) is 4.98 Å². The van der Waals surface area contributed by atoms with Crippen molar-refractivity contribution in [3.63, 3.8) is 0 Å². The van der Waals surface area contributed by atoms with Crippen molar-refractivity contribution in [2.45, 2.75) is 6.92 Å². The van der Waals surface area contributed by atoms with Crippen LogP contribution in [0.15, 0.2) is 69.9 Å². The zero-order chi connectivity index (χ0) is 15.8. The van der Waals surface area contributed by atoms with Crippen LogP contribution in [0.5, 0.6) is 0 Å². The summed E-state index contributed by atoms with van der Waals surface area (Å²) in [6.45, 7) is 1.91. The Kier molecular flexibility index (Phi) is 3.08. The Morgan fingerprint density at radius 2 is 1.65 bits per heavy atom. The molecule has 0 atom stereocenters. The maximum atomic E-state index is 12.3. The maximum Gasteiger partial charge on any atom is 0.259 e. The highest BCUT2D eigenvalue weighted by molar-refractivity contribution is 5.83. The first-order chi connectivity index (χ1) is 11.2. The monoisotopic (exact) mass is 302 g/mol. The van der Waals surface area contributed by atoms with Crippen LogP contribution in [0.3, 0.4) is 0 Å². The lowest BCUT2D eigenvalue weighted by atomic mass is 10.0. The molecule has 1 N–H and O–H groups in total. The summed E-state index contributed by atoms with van der Waals surface area (Å²) in [5.41, 5.74) is 2.27. The van der Waals surface area contributed by atoms with Crippen LogP contribution in [0, 0.1) is 6.92 Å². The highest BCUT2D eigenvalue weighted by Crippen LogP contribution is 2.31. The van der Waals surface area contributed by atoms with E-state index in [2.05, 4.69) is 9.97 Å². The van der Waals surface area contributed by atoms with Gasteiger partial charge in [-0.1, -0.05) is 36.4 Å². The number of hydrogen-bond acceptors (Lipinski definition) is 3. The molecule has 0 aliphatic heterocycles. The molecule has 2 aromatic heterocycles. The second-order valence-corrected chi connectivity index (χ2v) is 5.39. The molecule has 0 unspecified atom stereocenters. The Hall–Kier alpha value is -3.14. The standard InChI is InChI=1S/C19H14N2O2/c1-12-10-11-17(23-12)13-6-2-3-7-14(13)18-20-16-9-5-4-8-15(16)19(22)21-18/h2-11H,1H3,(H,20,21,22). The number of furan rings is 1. The van der Waals surface area contributed by atoms with Gasteiger partial charge in [0.15, 0.2) is 0 Å². The molecule has 2 aromatic carbocycles. The summed E-state index contributed by atoms with van der Waals surface area (Å²) in [7, 11) is 0. The van der Waals surface area contributed by atoms with Crippen LogP contribution >= 0.6 is 0 Å². The van der Waals surface area contributed by atoms with Crippen LogP contribution in [0.25, 0.3) is 33.6 Å². The first-order valence-corrected chi connectivity index (χ1v) is 7.37. The Morgan fingerprint density at radius 1 is 0.913 bits per heavy atom. The fraction of sp³-hybridized carbons (Fsp3) is 0.0526.